The Bertz CT molecular complexity index is 994. The van der Waals surface area contributed by atoms with E-state index in [-0.39, 0.29) is 0 Å². The van der Waals surface area contributed by atoms with Crippen LogP contribution in [0.1, 0.15) is 5.56 Å². The highest BCUT2D eigenvalue weighted by Gasteiger charge is 2.13. The van der Waals surface area contributed by atoms with E-state index in [1.165, 1.54) is 0 Å². The second-order valence-corrected chi connectivity index (χ2v) is 5.61. The van der Waals surface area contributed by atoms with E-state index in [0.29, 0.717) is 27.8 Å². The molecule has 8 heteroatoms. The number of aromatic amines is 1. The Labute approximate surface area is 155 Å². The van der Waals surface area contributed by atoms with Crippen LogP contribution >= 0.6 is 12.2 Å². The van der Waals surface area contributed by atoms with Gasteiger partial charge in [0.2, 0.25) is 4.77 Å². The topological polar surface area (TPSA) is 73.7 Å². The summed E-state index contributed by atoms with van der Waals surface area (Å²) in [6, 6.07) is 13.1. The fourth-order valence-corrected chi connectivity index (χ4v) is 2.64. The number of nitrogens with zero attached hydrogens (tertiary/aromatic N) is 3. The lowest BCUT2D eigenvalue weighted by Gasteiger charge is -2.08. The quantitative estimate of drug-likeness (QED) is 0.531. The van der Waals surface area contributed by atoms with Gasteiger partial charge >= 0.3 is 0 Å². The summed E-state index contributed by atoms with van der Waals surface area (Å²) < 4.78 is 17.9. The molecule has 0 aliphatic carbocycles. The third-order valence-electron chi connectivity index (χ3n) is 3.73. The first kappa shape index (κ1) is 17.7. The minimum Gasteiger partial charge on any atom is -0.496 e. The third-order valence-corrected chi connectivity index (χ3v) is 3.99. The average molecular weight is 370 g/mol. The fourth-order valence-electron chi connectivity index (χ4n) is 2.46. The summed E-state index contributed by atoms with van der Waals surface area (Å²) in [5, 5.41) is 11.5. The van der Waals surface area contributed by atoms with Crippen LogP contribution in [-0.2, 0) is 0 Å². The third kappa shape index (κ3) is 3.45. The SMILES string of the molecule is COc1ccc(C=Nn2c(-c3ccccc3OC)n[nH]c2=S)cc1OC. The number of methoxy groups -OCH3 is 3. The highest BCUT2D eigenvalue weighted by Crippen LogP contribution is 2.29. The zero-order valence-corrected chi connectivity index (χ0v) is 15.4. The molecule has 7 nitrogen and oxygen atoms in total. The van der Waals surface area contributed by atoms with Crippen molar-refractivity contribution in [1.29, 1.82) is 0 Å². The largest absolute Gasteiger partial charge is 0.496 e. The zero-order valence-electron chi connectivity index (χ0n) is 14.6. The van der Waals surface area contributed by atoms with Crippen molar-refractivity contribution in [3.63, 3.8) is 0 Å². The summed E-state index contributed by atoms with van der Waals surface area (Å²) >= 11 is 5.30. The van der Waals surface area contributed by atoms with E-state index in [0.717, 1.165) is 11.1 Å². The van der Waals surface area contributed by atoms with Gasteiger partial charge in [0.1, 0.15) is 5.75 Å². The van der Waals surface area contributed by atoms with Crippen LogP contribution in [0.4, 0.5) is 0 Å². The molecule has 3 aromatic rings. The molecule has 1 aromatic heterocycles. The molecule has 0 saturated carbocycles. The zero-order chi connectivity index (χ0) is 18.5. The van der Waals surface area contributed by atoms with E-state index in [1.54, 1.807) is 32.2 Å². The Morgan fingerprint density at radius 1 is 1.00 bits per heavy atom. The molecule has 134 valence electrons. The number of rotatable bonds is 6. The highest BCUT2D eigenvalue weighted by molar-refractivity contribution is 7.71. The van der Waals surface area contributed by atoms with Crippen LogP contribution in [0.3, 0.4) is 0 Å². The molecule has 0 saturated heterocycles. The predicted molar refractivity (Wildman–Crippen MR) is 102 cm³/mol. The van der Waals surface area contributed by atoms with Crippen LogP contribution < -0.4 is 14.2 Å². The predicted octanol–water partition coefficient (Wildman–Crippen LogP) is 3.52. The molecule has 0 aliphatic heterocycles. The first-order valence-electron chi connectivity index (χ1n) is 7.75. The number of H-pyrrole nitrogens is 1. The fraction of sp³-hybridized carbons (Fsp3) is 0.167. The van der Waals surface area contributed by atoms with Gasteiger partial charge in [-0.05, 0) is 48.1 Å². The second kappa shape index (κ2) is 7.83. The Hall–Kier alpha value is -3.13. The van der Waals surface area contributed by atoms with E-state index in [1.807, 2.05) is 42.5 Å². The van der Waals surface area contributed by atoms with Crippen molar-refractivity contribution in [1.82, 2.24) is 14.9 Å². The molecule has 3 rings (SSSR count). The minimum absolute atomic E-state index is 0.377. The van der Waals surface area contributed by atoms with E-state index in [9.17, 15) is 0 Å². The van der Waals surface area contributed by atoms with Gasteiger partial charge in [-0.15, -0.1) is 0 Å². The second-order valence-electron chi connectivity index (χ2n) is 5.22. The Kier molecular flexibility index (Phi) is 5.33. The van der Waals surface area contributed by atoms with E-state index < -0.39 is 0 Å². The molecule has 0 spiro atoms. The summed E-state index contributed by atoms with van der Waals surface area (Å²) in [5.41, 5.74) is 1.61. The molecule has 26 heavy (non-hydrogen) atoms. The Morgan fingerprint density at radius 3 is 2.46 bits per heavy atom. The lowest BCUT2D eigenvalue weighted by Crippen LogP contribution is -1.97. The summed E-state index contributed by atoms with van der Waals surface area (Å²) in [4.78, 5) is 0. The molecule has 1 heterocycles. The van der Waals surface area contributed by atoms with Crippen LogP contribution in [0.5, 0.6) is 17.2 Å². The Balaban J connectivity index is 2.00. The number of benzene rings is 2. The number of ether oxygens (including phenoxy) is 3. The molecule has 0 fully saturated rings. The van der Waals surface area contributed by atoms with Gasteiger partial charge in [-0.1, -0.05) is 12.1 Å². The number of para-hydroxylation sites is 1. The number of nitrogens with one attached hydrogen (secondary N) is 1. The molecular weight excluding hydrogens is 352 g/mol. The van der Waals surface area contributed by atoms with Crippen LogP contribution in [0.15, 0.2) is 47.6 Å². The van der Waals surface area contributed by atoms with Crippen LogP contribution in [-0.4, -0.2) is 42.4 Å². The van der Waals surface area contributed by atoms with Crippen molar-refractivity contribution in [2.45, 2.75) is 0 Å². The van der Waals surface area contributed by atoms with E-state index in [2.05, 4.69) is 15.3 Å². The molecule has 2 aromatic carbocycles. The van der Waals surface area contributed by atoms with Crippen LogP contribution in [0.25, 0.3) is 11.4 Å². The van der Waals surface area contributed by atoms with Gasteiger partial charge in [0.15, 0.2) is 17.3 Å². The molecular formula is C18H18N4O3S. The minimum atomic E-state index is 0.377. The summed E-state index contributed by atoms with van der Waals surface area (Å²) in [5.74, 6) is 2.52. The summed E-state index contributed by atoms with van der Waals surface area (Å²) in [7, 11) is 4.79. The molecule has 0 aliphatic rings. The maximum absolute atomic E-state index is 5.40. The van der Waals surface area contributed by atoms with Gasteiger partial charge in [0.05, 0.1) is 33.1 Å². The number of hydrogen-bond donors (Lipinski definition) is 1. The van der Waals surface area contributed by atoms with Crippen molar-refractivity contribution in [3.05, 3.63) is 52.8 Å². The Morgan fingerprint density at radius 2 is 1.73 bits per heavy atom. The first-order chi connectivity index (χ1) is 12.7. The maximum Gasteiger partial charge on any atom is 0.216 e. The van der Waals surface area contributed by atoms with Crippen molar-refractivity contribution < 1.29 is 14.2 Å². The summed E-state index contributed by atoms with van der Waals surface area (Å²) in [6.07, 6.45) is 1.67. The smallest absolute Gasteiger partial charge is 0.216 e. The lowest BCUT2D eigenvalue weighted by molar-refractivity contribution is 0.355. The monoisotopic (exact) mass is 370 g/mol. The molecule has 0 amide bonds. The van der Waals surface area contributed by atoms with Crippen LogP contribution in [0, 0.1) is 4.77 Å². The molecule has 0 atom stereocenters. The number of aromatic nitrogens is 3. The van der Waals surface area contributed by atoms with E-state index in [4.69, 9.17) is 26.4 Å². The van der Waals surface area contributed by atoms with Gasteiger partial charge in [-0.3, -0.25) is 0 Å². The van der Waals surface area contributed by atoms with Gasteiger partial charge in [-0.25, -0.2) is 5.10 Å². The molecule has 0 bridgehead atoms. The van der Waals surface area contributed by atoms with Crippen molar-refractivity contribution >= 4 is 18.4 Å². The van der Waals surface area contributed by atoms with Crippen LogP contribution in [0.2, 0.25) is 0 Å². The number of hydrogen-bond acceptors (Lipinski definition) is 6. The average Bonchev–Trinajstić information content (AvgIpc) is 3.06. The van der Waals surface area contributed by atoms with Crippen molar-refractivity contribution in [2.75, 3.05) is 21.3 Å². The highest BCUT2D eigenvalue weighted by atomic mass is 32.1. The lowest BCUT2D eigenvalue weighted by atomic mass is 10.2. The molecule has 0 unspecified atom stereocenters. The standard InChI is InChI=1S/C18H18N4O3S/c1-23-14-7-5-4-6-13(14)17-20-21-18(26)22(17)19-11-12-8-9-15(24-2)16(10-12)25-3/h4-11H,1-3H3,(H,21,26). The molecule has 1 N–H and O–H groups in total. The molecule has 0 radical (unpaired) electrons. The van der Waals surface area contributed by atoms with E-state index >= 15 is 0 Å². The van der Waals surface area contributed by atoms with Gasteiger partial charge in [-0.2, -0.15) is 14.9 Å². The normalized spacial score (nSPS) is 10.9. The van der Waals surface area contributed by atoms with Gasteiger partial charge in [0.25, 0.3) is 0 Å². The first-order valence-corrected chi connectivity index (χ1v) is 8.16. The summed E-state index contributed by atoms with van der Waals surface area (Å²) in [6.45, 7) is 0. The van der Waals surface area contributed by atoms with Crippen molar-refractivity contribution in [2.24, 2.45) is 5.10 Å². The van der Waals surface area contributed by atoms with Crippen molar-refractivity contribution in [3.8, 4) is 28.6 Å². The maximum atomic E-state index is 5.40. The van der Waals surface area contributed by atoms with Gasteiger partial charge < -0.3 is 14.2 Å². The van der Waals surface area contributed by atoms with Gasteiger partial charge in [0, 0.05) is 0 Å².